The van der Waals surface area contributed by atoms with Crippen molar-refractivity contribution in [3.63, 3.8) is 0 Å². The zero-order chi connectivity index (χ0) is 14.7. The molecule has 4 nitrogen and oxygen atoms in total. The molecule has 0 spiro atoms. The number of nitrogens with one attached hydrogen (secondary N) is 2. The lowest BCUT2D eigenvalue weighted by molar-refractivity contribution is -0.117. The van der Waals surface area contributed by atoms with Crippen LogP contribution in [0, 0.1) is 5.92 Å². The summed E-state index contributed by atoms with van der Waals surface area (Å²) < 4.78 is 0. The zero-order valence-corrected chi connectivity index (χ0v) is 12.5. The topological polar surface area (TPSA) is 67.2 Å². The summed E-state index contributed by atoms with van der Waals surface area (Å²) in [5.41, 5.74) is 7.35. The maximum absolute atomic E-state index is 10.9. The van der Waals surface area contributed by atoms with Crippen LogP contribution in [0.4, 0.5) is 5.69 Å². The number of hydrogen-bond donors (Lipinski definition) is 3. The van der Waals surface area contributed by atoms with E-state index in [-0.39, 0.29) is 5.91 Å². The lowest BCUT2D eigenvalue weighted by Crippen LogP contribution is -2.38. The van der Waals surface area contributed by atoms with Crippen LogP contribution in [0.5, 0.6) is 0 Å². The van der Waals surface area contributed by atoms with Gasteiger partial charge in [0.25, 0.3) is 0 Å². The molecule has 1 aromatic carbocycles. The van der Waals surface area contributed by atoms with E-state index in [0.717, 1.165) is 17.2 Å². The van der Waals surface area contributed by atoms with Gasteiger partial charge < -0.3 is 16.4 Å². The van der Waals surface area contributed by atoms with Crippen molar-refractivity contribution >= 4 is 11.6 Å². The predicted octanol–water partition coefficient (Wildman–Crippen LogP) is 2.05. The number of hydrogen-bond acceptors (Lipinski definition) is 3. The van der Waals surface area contributed by atoms with Crippen LogP contribution < -0.4 is 16.4 Å². The van der Waals surface area contributed by atoms with Gasteiger partial charge in [0.2, 0.25) is 5.91 Å². The van der Waals surface area contributed by atoms with E-state index < -0.39 is 0 Å². The van der Waals surface area contributed by atoms with Gasteiger partial charge in [0.1, 0.15) is 0 Å². The van der Waals surface area contributed by atoms with Crippen molar-refractivity contribution < 1.29 is 4.79 Å². The average Bonchev–Trinajstić information content (AvgIpc) is 3.11. The van der Waals surface area contributed by atoms with Gasteiger partial charge in [0, 0.05) is 17.8 Å². The van der Waals surface area contributed by atoms with Crippen molar-refractivity contribution in [3.05, 3.63) is 29.8 Å². The minimum absolute atomic E-state index is 0.279. The van der Waals surface area contributed by atoms with Crippen LogP contribution in [0.3, 0.4) is 0 Å². The molecule has 1 aliphatic carbocycles. The Balaban J connectivity index is 1.61. The Morgan fingerprint density at radius 1 is 1.19 bits per heavy atom. The predicted molar refractivity (Wildman–Crippen MR) is 85.1 cm³/mol. The second-order valence-electron chi connectivity index (χ2n) is 6.39. The second-order valence-corrected chi connectivity index (χ2v) is 6.39. The summed E-state index contributed by atoms with van der Waals surface area (Å²) in [6.07, 6.45) is 6.86. The summed E-state index contributed by atoms with van der Waals surface area (Å²) in [5.74, 6) is 0.469. The highest BCUT2D eigenvalue weighted by molar-refractivity contribution is 5.76. The van der Waals surface area contributed by atoms with Gasteiger partial charge in [0.15, 0.2) is 0 Å². The van der Waals surface area contributed by atoms with Gasteiger partial charge in [-0.2, -0.15) is 0 Å². The van der Waals surface area contributed by atoms with Crippen LogP contribution in [0.2, 0.25) is 0 Å². The number of amides is 1. The summed E-state index contributed by atoms with van der Waals surface area (Å²) in [6.45, 7) is 1.18. The molecular weight excluding hydrogens is 262 g/mol. The van der Waals surface area contributed by atoms with Crippen LogP contribution in [-0.4, -0.2) is 24.5 Å². The lowest BCUT2D eigenvalue weighted by atomic mass is 9.93. The Hall–Kier alpha value is -1.55. The Morgan fingerprint density at radius 3 is 2.67 bits per heavy atom. The summed E-state index contributed by atoms with van der Waals surface area (Å²) >= 11 is 0. The number of benzene rings is 1. The minimum Gasteiger partial charge on any atom is -0.382 e. The highest BCUT2D eigenvalue weighted by atomic mass is 16.1. The summed E-state index contributed by atoms with van der Waals surface area (Å²) in [7, 11) is 0. The van der Waals surface area contributed by atoms with Crippen molar-refractivity contribution in [1.29, 1.82) is 0 Å². The second kappa shape index (κ2) is 6.48. The number of primary amides is 1. The first-order chi connectivity index (χ1) is 10.2. The average molecular weight is 287 g/mol. The van der Waals surface area contributed by atoms with E-state index >= 15 is 0 Å². The van der Waals surface area contributed by atoms with Crippen molar-refractivity contribution in [2.24, 2.45) is 11.7 Å². The lowest BCUT2D eigenvalue weighted by Gasteiger charge is -2.27. The molecule has 0 radical (unpaired) electrons. The number of carbonyl (C=O) groups excluding carboxylic acids is 1. The first kappa shape index (κ1) is 14.4. The molecular formula is C17H25N3O. The van der Waals surface area contributed by atoms with E-state index in [1.54, 1.807) is 0 Å². The molecule has 4 N–H and O–H groups in total. The van der Waals surface area contributed by atoms with Gasteiger partial charge in [-0.3, -0.25) is 4.79 Å². The fourth-order valence-corrected chi connectivity index (χ4v) is 3.86. The van der Waals surface area contributed by atoms with Gasteiger partial charge >= 0.3 is 0 Å². The van der Waals surface area contributed by atoms with Gasteiger partial charge in [-0.25, -0.2) is 0 Å². The molecule has 2 fully saturated rings. The molecule has 1 saturated heterocycles. The molecule has 1 heterocycles. The van der Waals surface area contributed by atoms with Crippen molar-refractivity contribution in [3.8, 4) is 0 Å². The van der Waals surface area contributed by atoms with Gasteiger partial charge in [-0.15, -0.1) is 0 Å². The third kappa shape index (κ3) is 3.56. The third-order valence-corrected chi connectivity index (χ3v) is 4.87. The summed E-state index contributed by atoms with van der Waals surface area (Å²) in [6, 6.07) is 9.38. The highest BCUT2D eigenvalue weighted by Crippen LogP contribution is 2.33. The highest BCUT2D eigenvalue weighted by Gasteiger charge is 2.34. The van der Waals surface area contributed by atoms with Crippen molar-refractivity contribution in [2.75, 3.05) is 11.9 Å². The number of carbonyl (C=O) groups is 1. The SMILES string of the molecule is NC(=O)Cc1ccc(NC2CCCC2C2CCCN2)cc1. The first-order valence-electron chi connectivity index (χ1n) is 8.09. The standard InChI is InChI=1S/C17H25N3O/c18-17(21)11-12-6-8-13(9-7-12)20-16-4-1-3-14(16)15-5-2-10-19-15/h6-9,14-16,19-20H,1-5,10-11H2,(H2,18,21). The molecule has 3 atom stereocenters. The van der Waals surface area contributed by atoms with E-state index in [1.807, 2.05) is 12.1 Å². The molecule has 3 rings (SSSR count). The summed E-state index contributed by atoms with van der Waals surface area (Å²) in [5, 5.41) is 7.35. The maximum Gasteiger partial charge on any atom is 0.221 e. The Labute approximate surface area is 126 Å². The quantitative estimate of drug-likeness (QED) is 0.776. The van der Waals surface area contributed by atoms with E-state index in [2.05, 4.69) is 22.8 Å². The van der Waals surface area contributed by atoms with Crippen LogP contribution in [0.1, 0.15) is 37.7 Å². The molecule has 21 heavy (non-hydrogen) atoms. The molecule has 2 aliphatic rings. The van der Waals surface area contributed by atoms with Crippen LogP contribution >= 0.6 is 0 Å². The Kier molecular flexibility index (Phi) is 4.44. The number of rotatable bonds is 5. The minimum atomic E-state index is -0.279. The van der Waals surface area contributed by atoms with E-state index in [9.17, 15) is 4.79 Å². The largest absolute Gasteiger partial charge is 0.382 e. The monoisotopic (exact) mass is 287 g/mol. The maximum atomic E-state index is 10.9. The smallest absolute Gasteiger partial charge is 0.221 e. The molecule has 114 valence electrons. The van der Waals surface area contributed by atoms with E-state index in [1.165, 1.54) is 38.6 Å². The first-order valence-corrected chi connectivity index (χ1v) is 8.09. The van der Waals surface area contributed by atoms with Gasteiger partial charge in [0.05, 0.1) is 6.42 Å². The van der Waals surface area contributed by atoms with Crippen molar-refractivity contribution in [2.45, 2.75) is 50.6 Å². The molecule has 4 heteroatoms. The number of anilines is 1. The molecule has 0 aromatic heterocycles. The van der Waals surface area contributed by atoms with Crippen LogP contribution in [0.25, 0.3) is 0 Å². The van der Waals surface area contributed by atoms with Crippen LogP contribution in [-0.2, 0) is 11.2 Å². The van der Waals surface area contributed by atoms with Crippen LogP contribution in [0.15, 0.2) is 24.3 Å². The fraction of sp³-hybridized carbons (Fsp3) is 0.588. The molecule has 1 aliphatic heterocycles. The normalized spacial score (nSPS) is 28.7. The van der Waals surface area contributed by atoms with Gasteiger partial charge in [-0.05, 0) is 55.8 Å². The molecule has 1 saturated carbocycles. The Bertz CT molecular complexity index is 479. The van der Waals surface area contributed by atoms with Gasteiger partial charge in [-0.1, -0.05) is 18.6 Å². The third-order valence-electron chi connectivity index (χ3n) is 4.87. The molecule has 1 amide bonds. The fourth-order valence-electron chi connectivity index (χ4n) is 3.86. The molecule has 3 unspecified atom stereocenters. The van der Waals surface area contributed by atoms with E-state index in [4.69, 9.17) is 5.73 Å². The Morgan fingerprint density at radius 2 is 2.00 bits per heavy atom. The molecule has 1 aromatic rings. The molecule has 0 bridgehead atoms. The van der Waals surface area contributed by atoms with E-state index in [0.29, 0.717) is 18.5 Å². The number of nitrogens with two attached hydrogens (primary N) is 1. The zero-order valence-electron chi connectivity index (χ0n) is 12.5. The van der Waals surface area contributed by atoms with Crippen molar-refractivity contribution in [1.82, 2.24) is 5.32 Å². The summed E-state index contributed by atoms with van der Waals surface area (Å²) in [4.78, 5) is 10.9.